The number of hydrogen-bond donors (Lipinski definition) is 1. The Morgan fingerprint density at radius 3 is 2.39 bits per heavy atom. The second-order valence-corrected chi connectivity index (χ2v) is 8.95. The van der Waals surface area contributed by atoms with E-state index in [1.165, 1.54) is 6.07 Å². The summed E-state index contributed by atoms with van der Waals surface area (Å²) < 4.78 is 41.1. The Bertz CT molecular complexity index is 1230. The molecule has 3 aromatic carbocycles. The van der Waals surface area contributed by atoms with E-state index in [9.17, 15) is 18.0 Å². The highest BCUT2D eigenvalue weighted by Crippen LogP contribution is 2.37. The lowest BCUT2D eigenvalue weighted by molar-refractivity contribution is -0.141. The second kappa shape index (κ2) is 11.0. The van der Waals surface area contributed by atoms with Gasteiger partial charge in [0.15, 0.2) is 0 Å². The average molecular weight is 497 g/mol. The SMILES string of the molecule is C/C(=N/OCc1ccc(-c2ccccc2)c(C(F)(F)F)c1)c1ccc(CN2CCC(C(=O)O)C2)cc1. The summed E-state index contributed by atoms with van der Waals surface area (Å²) >= 11 is 0. The molecule has 1 fully saturated rings. The van der Waals surface area contributed by atoms with Crippen LogP contribution in [0.25, 0.3) is 11.1 Å². The highest BCUT2D eigenvalue weighted by atomic mass is 19.4. The molecule has 0 aromatic heterocycles. The van der Waals surface area contributed by atoms with Crippen LogP contribution >= 0.6 is 0 Å². The molecular weight excluding hydrogens is 469 g/mol. The molecule has 1 aliphatic heterocycles. The summed E-state index contributed by atoms with van der Waals surface area (Å²) in [4.78, 5) is 18.6. The number of aliphatic carboxylic acids is 1. The number of likely N-dealkylation sites (tertiary alicyclic amines) is 1. The Labute approximate surface area is 207 Å². The normalized spacial score (nSPS) is 16.8. The lowest BCUT2D eigenvalue weighted by Gasteiger charge is -2.15. The van der Waals surface area contributed by atoms with Gasteiger partial charge in [0, 0.05) is 13.1 Å². The summed E-state index contributed by atoms with van der Waals surface area (Å²) in [7, 11) is 0. The quantitative estimate of drug-likeness (QED) is 0.297. The Morgan fingerprint density at radius 2 is 1.75 bits per heavy atom. The molecule has 0 radical (unpaired) electrons. The third-order valence-corrected chi connectivity index (χ3v) is 6.31. The Kier molecular flexibility index (Phi) is 7.74. The van der Waals surface area contributed by atoms with Gasteiger partial charge < -0.3 is 9.94 Å². The number of alkyl halides is 3. The van der Waals surface area contributed by atoms with Crippen LogP contribution in [0.3, 0.4) is 0 Å². The highest BCUT2D eigenvalue weighted by molar-refractivity contribution is 5.98. The summed E-state index contributed by atoms with van der Waals surface area (Å²) in [5.41, 5.74) is 2.79. The minimum atomic E-state index is -4.49. The van der Waals surface area contributed by atoms with Gasteiger partial charge >= 0.3 is 12.1 Å². The Balaban J connectivity index is 1.38. The van der Waals surface area contributed by atoms with Crippen LogP contribution < -0.4 is 0 Å². The van der Waals surface area contributed by atoms with E-state index in [1.54, 1.807) is 43.3 Å². The van der Waals surface area contributed by atoms with E-state index >= 15 is 0 Å². The first-order valence-electron chi connectivity index (χ1n) is 11.7. The van der Waals surface area contributed by atoms with E-state index < -0.39 is 17.7 Å². The van der Waals surface area contributed by atoms with Crippen LogP contribution in [0.2, 0.25) is 0 Å². The van der Waals surface area contributed by atoms with E-state index in [4.69, 9.17) is 9.94 Å². The first-order chi connectivity index (χ1) is 17.2. The summed E-state index contributed by atoms with van der Waals surface area (Å²) in [6.45, 7) is 3.67. The van der Waals surface area contributed by atoms with Gasteiger partial charge in [-0.1, -0.05) is 71.9 Å². The van der Waals surface area contributed by atoms with Gasteiger partial charge in [0.2, 0.25) is 0 Å². The number of nitrogens with zero attached hydrogens (tertiary/aromatic N) is 2. The fourth-order valence-electron chi connectivity index (χ4n) is 4.33. The topological polar surface area (TPSA) is 62.1 Å². The van der Waals surface area contributed by atoms with Crippen molar-refractivity contribution in [1.82, 2.24) is 4.90 Å². The third-order valence-electron chi connectivity index (χ3n) is 6.31. The minimum absolute atomic E-state index is 0.0900. The average Bonchev–Trinajstić information content (AvgIpc) is 3.33. The molecule has 8 heteroatoms. The third kappa shape index (κ3) is 6.31. The van der Waals surface area contributed by atoms with Crippen molar-refractivity contribution in [3.63, 3.8) is 0 Å². The monoisotopic (exact) mass is 496 g/mol. The molecule has 0 spiro atoms. The molecule has 4 rings (SSSR count). The largest absolute Gasteiger partial charge is 0.481 e. The predicted molar refractivity (Wildman–Crippen MR) is 131 cm³/mol. The van der Waals surface area contributed by atoms with Crippen LogP contribution in [0, 0.1) is 5.92 Å². The van der Waals surface area contributed by atoms with Crippen molar-refractivity contribution >= 4 is 11.7 Å². The summed E-state index contributed by atoms with van der Waals surface area (Å²) in [5, 5.41) is 13.2. The minimum Gasteiger partial charge on any atom is -0.481 e. The van der Waals surface area contributed by atoms with Crippen LogP contribution in [-0.2, 0) is 29.0 Å². The first-order valence-corrected chi connectivity index (χ1v) is 11.7. The maximum atomic E-state index is 13.7. The van der Waals surface area contributed by atoms with Crippen molar-refractivity contribution in [2.24, 2.45) is 11.1 Å². The van der Waals surface area contributed by atoms with Crippen molar-refractivity contribution in [3.8, 4) is 11.1 Å². The second-order valence-electron chi connectivity index (χ2n) is 8.95. The molecule has 0 amide bonds. The standard InChI is InChI=1S/C28H27F3N2O3/c1-19(22-10-7-20(8-11-22)16-33-14-13-24(17-33)27(34)35)32-36-18-21-9-12-25(23-5-3-2-4-6-23)26(15-21)28(29,30)31/h2-12,15,24H,13-14,16-18H2,1H3,(H,34,35)/b32-19-. The number of carbonyl (C=O) groups is 1. The molecule has 1 aliphatic rings. The number of rotatable bonds is 8. The van der Waals surface area contributed by atoms with Gasteiger partial charge in [-0.05, 0) is 53.8 Å². The lowest BCUT2D eigenvalue weighted by atomic mass is 9.97. The van der Waals surface area contributed by atoms with Crippen molar-refractivity contribution in [2.75, 3.05) is 13.1 Å². The van der Waals surface area contributed by atoms with Crippen LogP contribution in [0.1, 0.15) is 35.6 Å². The van der Waals surface area contributed by atoms with Gasteiger partial charge in [0.1, 0.15) is 6.61 Å². The zero-order valence-corrected chi connectivity index (χ0v) is 19.8. The molecule has 1 saturated heterocycles. The van der Waals surface area contributed by atoms with Crippen molar-refractivity contribution < 1.29 is 27.9 Å². The van der Waals surface area contributed by atoms with Crippen LogP contribution in [0.15, 0.2) is 78.0 Å². The molecule has 36 heavy (non-hydrogen) atoms. The van der Waals surface area contributed by atoms with Crippen LogP contribution in [-0.4, -0.2) is 34.8 Å². The zero-order chi connectivity index (χ0) is 25.7. The number of oxime groups is 1. The highest BCUT2D eigenvalue weighted by Gasteiger charge is 2.34. The van der Waals surface area contributed by atoms with Crippen LogP contribution in [0.5, 0.6) is 0 Å². The van der Waals surface area contributed by atoms with Gasteiger partial charge in [-0.15, -0.1) is 0 Å². The van der Waals surface area contributed by atoms with Crippen molar-refractivity contribution in [1.29, 1.82) is 0 Å². The summed E-state index contributed by atoms with van der Waals surface area (Å²) in [6.07, 6.45) is -3.83. The molecular formula is C28H27F3N2O3. The molecule has 188 valence electrons. The number of carboxylic acid groups (broad SMARTS) is 1. The number of halogens is 3. The van der Waals surface area contributed by atoms with E-state index in [0.717, 1.165) is 23.7 Å². The van der Waals surface area contributed by atoms with E-state index in [0.29, 0.717) is 36.3 Å². The predicted octanol–water partition coefficient (Wildman–Crippen LogP) is 6.22. The molecule has 1 N–H and O–H groups in total. The van der Waals surface area contributed by atoms with E-state index in [1.807, 2.05) is 24.3 Å². The van der Waals surface area contributed by atoms with Crippen LogP contribution in [0.4, 0.5) is 13.2 Å². The van der Waals surface area contributed by atoms with Gasteiger partial charge in [0.25, 0.3) is 0 Å². The number of benzene rings is 3. The van der Waals surface area contributed by atoms with Gasteiger partial charge in [-0.25, -0.2) is 0 Å². The first kappa shape index (κ1) is 25.4. The molecule has 0 saturated carbocycles. The fourth-order valence-corrected chi connectivity index (χ4v) is 4.33. The Morgan fingerprint density at radius 1 is 1.06 bits per heavy atom. The van der Waals surface area contributed by atoms with Crippen molar-refractivity contribution in [2.45, 2.75) is 32.7 Å². The van der Waals surface area contributed by atoms with Gasteiger partial charge in [-0.3, -0.25) is 9.69 Å². The Hall–Kier alpha value is -3.65. The molecule has 5 nitrogen and oxygen atoms in total. The lowest BCUT2D eigenvalue weighted by Crippen LogP contribution is -2.22. The van der Waals surface area contributed by atoms with E-state index in [2.05, 4.69) is 10.1 Å². The number of carboxylic acids is 1. The summed E-state index contributed by atoms with van der Waals surface area (Å²) in [5.74, 6) is -1.06. The zero-order valence-electron chi connectivity index (χ0n) is 19.8. The molecule has 3 aromatic rings. The maximum absolute atomic E-state index is 13.7. The molecule has 1 heterocycles. The van der Waals surface area contributed by atoms with Crippen molar-refractivity contribution in [3.05, 3.63) is 95.1 Å². The smallest absolute Gasteiger partial charge is 0.417 e. The fraction of sp³-hybridized carbons (Fsp3) is 0.286. The molecule has 1 unspecified atom stereocenters. The molecule has 0 aliphatic carbocycles. The van der Waals surface area contributed by atoms with E-state index in [-0.39, 0.29) is 18.1 Å². The molecule has 0 bridgehead atoms. The number of hydrogen-bond acceptors (Lipinski definition) is 4. The van der Waals surface area contributed by atoms with Gasteiger partial charge in [-0.2, -0.15) is 13.2 Å². The summed E-state index contributed by atoms with van der Waals surface area (Å²) in [6, 6.07) is 20.4. The van der Waals surface area contributed by atoms with Gasteiger partial charge in [0.05, 0.1) is 17.2 Å². The maximum Gasteiger partial charge on any atom is 0.417 e. The molecule has 1 atom stereocenters.